The lowest BCUT2D eigenvalue weighted by molar-refractivity contribution is 0.598. The van der Waals surface area contributed by atoms with E-state index in [1.807, 2.05) is 42.3 Å². The van der Waals surface area contributed by atoms with E-state index in [0.29, 0.717) is 11.5 Å². The average molecular weight is 371 g/mol. The second-order valence-corrected chi connectivity index (χ2v) is 7.50. The molecule has 3 aromatic rings. The van der Waals surface area contributed by atoms with Gasteiger partial charge in [-0.3, -0.25) is 4.72 Å². The number of hydrogen-bond acceptors (Lipinski definition) is 4. The highest BCUT2D eigenvalue weighted by Gasteiger charge is 2.16. The third-order valence-electron chi connectivity index (χ3n) is 3.93. The molecular formula is C19H18FN3O2S. The smallest absolute Gasteiger partial charge is 0.261 e. The standard InChI is InChI=1S/C19H18FN3O2S/c1-14-12-17(9-10-18(14)20)26(24,25)22-15-8-11-19(21-13-15)23(2)16-6-4-3-5-7-16/h3-13,22H,1-2H3. The molecule has 0 atom stereocenters. The van der Waals surface area contributed by atoms with E-state index in [2.05, 4.69) is 9.71 Å². The quantitative estimate of drug-likeness (QED) is 0.734. The van der Waals surface area contributed by atoms with Crippen molar-refractivity contribution in [3.63, 3.8) is 0 Å². The summed E-state index contributed by atoms with van der Waals surface area (Å²) < 4.78 is 40.7. The summed E-state index contributed by atoms with van der Waals surface area (Å²) in [4.78, 5) is 6.20. The number of hydrogen-bond donors (Lipinski definition) is 1. The number of nitrogens with one attached hydrogen (secondary N) is 1. The van der Waals surface area contributed by atoms with Gasteiger partial charge in [-0.15, -0.1) is 0 Å². The molecule has 26 heavy (non-hydrogen) atoms. The predicted molar refractivity (Wildman–Crippen MR) is 101 cm³/mol. The first-order chi connectivity index (χ1) is 12.4. The van der Waals surface area contributed by atoms with E-state index in [-0.39, 0.29) is 10.5 Å². The highest BCUT2D eigenvalue weighted by molar-refractivity contribution is 7.92. The number of nitrogens with zero attached hydrogens (tertiary/aromatic N) is 2. The van der Waals surface area contributed by atoms with Crippen molar-refractivity contribution < 1.29 is 12.8 Å². The van der Waals surface area contributed by atoms with Crippen LogP contribution in [0.3, 0.4) is 0 Å². The zero-order chi connectivity index (χ0) is 18.7. The molecule has 0 aliphatic rings. The van der Waals surface area contributed by atoms with Gasteiger partial charge in [0.05, 0.1) is 16.8 Å². The van der Waals surface area contributed by atoms with E-state index in [9.17, 15) is 12.8 Å². The maximum Gasteiger partial charge on any atom is 0.261 e. The highest BCUT2D eigenvalue weighted by atomic mass is 32.2. The molecule has 0 aliphatic heterocycles. The summed E-state index contributed by atoms with van der Waals surface area (Å²) >= 11 is 0. The number of pyridine rings is 1. The first kappa shape index (κ1) is 17.9. The molecule has 0 aliphatic carbocycles. The van der Waals surface area contributed by atoms with E-state index < -0.39 is 15.8 Å². The molecule has 2 aromatic carbocycles. The van der Waals surface area contributed by atoms with Crippen LogP contribution in [0.5, 0.6) is 0 Å². The van der Waals surface area contributed by atoms with Gasteiger partial charge in [0.1, 0.15) is 11.6 Å². The van der Waals surface area contributed by atoms with E-state index in [4.69, 9.17) is 0 Å². The molecule has 0 spiro atoms. The molecule has 134 valence electrons. The van der Waals surface area contributed by atoms with Gasteiger partial charge in [-0.05, 0) is 55.0 Å². The second-order valence-electron chi connectivity index (χ2n) is 5.82. The molecule has 5 nitrogen and oxygen atoms in total. The zero-order valence-electron chi connectivity index (χ0n) is 14.3. The van der Waals surface area contributed by atoms with Crippen LogP contribution in [-0.2, 0) is 10.0 Å². The largest absolute Gasteiger partial charge is 0.329 e. The zero-order valence-corrected chi connectivity index (χ0v) is 15.2. The number of benzene rings is 2. The summed E-state index contributed by atoms with van der Waals surface area (Å²) in [5.41, 5.74) is 1.57. The molecule has 3 rings (SSSR count). The van der Waals surface area contributed by atoms with Crippen LogP contribution in [0.25, 0.3) is 0 Å². The lowest BCUT2D eigenvalue weighted by Crippen LogP contribution is -2.14. The first-order valence-electron chi connectivity index (χ1n) is 7.90. The maximum absolute atomic E-state index is 13.3. The number of aryl methyl sites for hydroxylation is 1. The Balaban J connectivity index is 1.79. The topological polar surface area (TPSA) is 62.3 Å². The normalized spacial score (nSPS) is 11.2. The third-order valence-corrected chi connectivity index (χ3v) is 5.31. The summed E-state index contributed by atoms with van der Waals surface area (Å²) in [6, 6.07) is 16.7. The monoisotopic (exact) mass is 371 g/mol. The Morgan fingerprint density at radius 2 is 1.77 bits per heavy atom. The molecule has 0 bridgehead atoms. The van der Waals surface area contributed by atoms with Gasteiger partial charge in [0.2, 0.25) is 0 Å². The molecule has 1 heterocycles. The number of anilines is 3. The fourth-order valence-electron chi connectivity index (χ4n) is 2.43. The van der Waals surface area contributed by atoms with Crippen molar-refractivity contribution in [2.24, 2.45) is 0 Å². The van der Waals surface area contributed by atoms with Gasteiger partial charge in [-0.1, -0.05) is 18.2 Å². The van der Waals surface area contributed by atoms with Crippen molar-refractivity contribution in [2.45, 2.75) is 11.8 Å². The van der Waals surface area contributed by atoms with Gasteiger partial charge in [-0.2, -0.15) is 0 Å². The van der Waals surface area contributed by atoms with Crippen molar-refractivity contribution in [2.75, 3.05) is 16.7 Å². The molecular weight excluding hydrogens is 353 g/mol. The van der Waals surface area contributed by atoms with Gasteiger partial charge >= 0.3 is 0 Å². The van der Waals surface area contributed by atoms with Crippen molar-refractivity contribution in [3.05, 3.63) is 78.2 Å². The van der Waals surface area contributed by atoms with E-state index in [1.54, 1.807) is 12.1 Å². The molecule has 7 heteroatoms. The Kier molecular flexibility index (Phi) is 4.90. The molecule has 0 fully saturated rings. The Hall–Kier alpha value is -2.93. The molecule has 0 amide bonds. The van der Waals surface area contributed by atoms with Crippen molar-refractivity contribution >= 4 is 27.2 Å². The van der Waals surface area contributed by atoms with Crippen LogP contribution in [0.1, 0.15) is 5.56 Å². The minimum absolute atomic E-state index is 0.00174. The fourth-order valence-corrected chi connectivity index (χ4v) is 3.56. The van der Waals surface area contributed by atoms with Crippen LogP contribution in [0.4, 0.5) is 21.6 Å². The van der Waals surface area contributed by atoms with Crippen LogP contribution in [-0.4, -0.2) is 20.4 Å². The van der Waals surface area contributed by atoms with Crippen molar-refractivity contribution in [3.8, 4) is 0 Å². The Morgan fingerprint density at radius 3 is 2.38 bits per heavy atom. The number of halogens is 1. The Labute approximate surface area is 152 Å². The highest BCUT2D eigenvalue weighted by Crippen LogP contribution is 2.23. The maximum atomic E-state index is 13.3. The van der Waals surface area contributed by atoms with Crippen LogP contribution >= 0.6 is 0 Å². The van der Waals surface area contributed by atoms with Crippen molar-refractivity contribution in [1.82, 2.24) is 4.98 Å². The van der Waals surface area contributed by atoms with Crippen LogP contribution < -0.4 is 9.62 Å². The third kappa shape index (κ3) is 3.83. The molecule has 0 radical (unpaired) electrons. The summed E-state index contributed by atoms with van der Waals surface area (Å²) in [7, 11) is -1.93. The number of sulfonamides is 1. The number of aromatic nitrogens is 1. The SMILES string of the molecule is Cc1cc(S(=O)(=O)Nc2ccc(N(C)c3ccccc3)nc2)ccc1F. The molecule has 1 aromatic heterocycles. The van der Waals surface area contributed by atoms with E-state index in [0.717, 1.165) is 11.8 Å². The van der Waals surface area contributed by atoms with Gasteiger partial charge in [0, 0.05) is 12.7 Å². The van der Waals surface area contributed by atoms with Crippen molar-refractivity contribution in [1.29, 1.82) is 0 Å². The van der Waals surface area contributed by atoms with E-state index >= 15 is 0 Å². The molecule has 0 saturated carbocycles. The van der Waals surface area contributed by atoms with Gasteiger partial charge in [-0.25, -0.2) is 17.8 Å². The Bertz CT molecular complexity index is 1010. The predicted octanol–water partition coefficient (Wildman–Crippen LogP) is 4.10. The minimum Gasteiger partial charge on any atom is -0.329 e. The second kappa shape index (κ2) is 7.13. The van der Waals surface area contributed by atoms with E-state index in [1.165, 1.54) is 25.3 Å². The lowest BCUT2D eigenvalue weighted by Gasteiger charge is -2.18. The van der Waals surface area contributed by atoms with Gasteiger partial charge in [0.25, 0.3) is 10.0 Å². The van der Waals surface area contributed by atoms with Gasteiger partial charge < -0.3 is 4.90 Å². The summed E-state index contributed by atoms with van der Waals surface area (Å²) in [6.45, 7) is 1.52. The molecule has 0 saturated heterocycles. The van der Waals surface area contributed by atoms with Crippen LogP contribution in [0, 0.1) is 12.7 Å². The molecule has 0 unspecified atom stereocenters. The minimum atomic E-state index is -3.81. The molecule has 1 N–H and O–H groups in total. The first-order valence-corrected chi connectivity index (χ1v) is 9.39. The Morgan fingerprint density at radius 1 is 1.04 bits per heavy atom. The van der Waals surface area contributed by atoms with Gasteiger partial charge in [0.15, 0.2) is 0 Å². The van der Waals surface area contributed by atoms with Crippen LogP contribution in [0.15, 0.2) is 71.8 Å². The lowest BCUT2D eigenvalue weighted by atomic mass is 10.2. The fraction of sp³-hybridized carbons (Fsp3) is 0.105. The summed E-state index contributed by atoms with van der Waals surface area (Å²) in [5, 5.41) is 0. The number of rotatable bonds is 5. The average Bonchev–Trinajstić information content (AvgIpc) is 2.64. The van der Waals surface area contributed by atoms with Crippen LogP contribution in [0.2, 0.25) is 0 Å². The summed E-state index contributed by atoms with van der Waals surface area (Å²) in [6.07, 6.45) is 1.45. The summed E-state index contributed by atoms with van der Waals surface area (Å²) in [5.74, 6) is 0.232. The number of para-hydroxylation sites is 1.